The molecule has 1 aromatic heterocycles. The van der Waals surface area contributed by atoms with E-state index in [1.807, 2.05) is 11.9 Å². The molecular weight excluding hydrogens is 388 g/mol. The van der Waals surface area contributed by atoms with Gasteiger partial charge in [0.2, 0.25) is 11.8 Å². The summed E-state index contributed by atoms with van der Waals surface area (Å²) >= 11 is 0. The van der Waals surface area contributed by atoms with Crippen LogP contribution in [0.4, 0.5) is 11.5 Å². The van der Waals surface area contributed by atoms with E-state index in [4.69, 9.17) is 5.73 Å². The first-order chi connectivity index (χ1) is 14.8. The van der Waals surface area contributed by atoms with Crippen molar-refractivity contribution in [2.75, 3.05) is 18.1 Å². The smallest absolute Gasteiger partial charge is 0.246 e. The molecule has 166 valence electrons. The van der Waals surface area contributed by atoms with Crippen LogP contribution in [0.15, 0.2) is 30.5 Å². The van der Waals surface area contributed by atoms with Crippen molar-refractivity contribution in [1.82, 2.24) is 9.88 Å². The van der Waals surface area contributed by atoms with E-state index in [0.29, 0.717) is 35.3 Å². The normalized spacial score (nSPS) is 41.3. The van der Waals surface area contributed by atoms with E-state index in [2.05, 4.69) is 30.2 Å². The molecule has 0 bridgehead atoms. The monoisotopic (exact) mass is 422 g/mol. The lowest BCUT2D eigenvalue weighted by atomic mass is 9.47. The highest BCUT2D eigenvalue weighted by Gasteiger charge is 2.61. The van der Waals surface area contributed by atoms with Crippen molar-refractivity contribution in [1.29, 1.82) is 0 Å². The van der Waals surface area contributed by atoms with Crippen molar-refractivity contribution in [2.24, 2.45) is 34.5 Å². The van der Waals surface area contributed by atoms with Crippen molar-refractivity contribution < 1.29 is 9.59 Å². The Morgan fingerprint density at radius 2 is 2.00 bits per heavy atom. The Morgan fingerprint density at radius 1 is 1.19 bits per heavy atom. The van der Waals surface area contributed by atoms with Gasteiger partial charge in [0.1, 0.15) is 0 Å². The molecule has 0 spiro atoms. The molecule has 3 N–H and O–H groups in total. The predicted molar refractivity (Wildman–Crippen MR) is 121 cm³/mol. The van der Waals surface area contributed by atoms with Gasteiger partial charge in [0.25, 0.3) is 0 Å². The standard InChI is InChI=1S/C25H34N4O2/c1-24-12-10-17-15(6-9-20-25(17,2)13-11-21(30)29(20)3)16(24)7-8-18(24)23(31)28-22-19(26)5-4-14-27-22/h4-5,11,13-18,20H,6-10,12,26H2,1-3H3,(H,27,28,31)/t15-,16-,17+,18?,20?,24-,25+/m0/s1. The quantitative estimate of drug-likeness (QED) is 0.757. The van der Waals surface area contributed by atoms with Crippen molar-refractivity contribution >= 4 is 23.3 Å². The highest BCUT2D eigenvalue weighted by molar-refractivity contribution is 5.94. The molecule has 5 rings (SSSR count). The van der Waals surface area contributed by atoms with E-state index in [0.717, 1.165) is 38.5 Å². The van der Waals surface area contributed by atoms with E-state index < -0.39 is 0 Å². The molecule has 1 aromatic rings. The van der Waals surface area contributed by atoms with Gasteiger partial charge in [-0.05, 0) is 79.9 Å². The third-order valence-corrected chi connectivity index (χ3v) is 9.52. The zero-order chi connectivity index (χ0) is 22.0. The lowest BCUT2D eigenvalue weighted by Gasteiger charge is -2.60. The van der Waals surface area contributed by atoms with Crippen LogP contribution >= 0.6 is 0 Å². The van der Waals surface area contributed by atoms with Gasteiger partial charge >= 0.3 is 0 Å². The molecule has 4 aliphatic rings. The summed E-state index contributed by atoms with van der Waals surface area (Å²) in [4.78, 5) is 31.8. The van der Waals surface area contributed by atoms with Crippen LogP contribution in [0.25, 0.3) is 0 Å². The number of anilines is 2. The van der Waals surface area contributed by atoms with Crippen LogP contribution in [0, 0.1) is 34.5 Å². The molecule has 31 heavy (non-hydrogen) atoms. The van der Waals surface area contributed by atoms with Crippen molar-refractivity contribution in [2.45, 2.75) is 58.4 Å². The first-order valence-electron chi connectivity index (χ1n) is 11.7. The molecule has 6 nitrogen and oxygen atoms in total. The maximum atomic E-state index is 13.3. The average molecular weight is 423 g/mol. The number of hydrogen-bond donors (Lipinski definition) is 2. The summed E-state index contributed by atoms with van der Waals surface area (Å²) in [5.41, 5.74) is 6.56. The number of carbonyl (C=O) groups is 2. The van der Waals surface area contributed by atoms with E-state index in [9.17, 15) is 9.59 Å². The molecule has 6 heteroatoms. The van der Waals surface area contributed by atoms with Gasteiger partial charge in [-0.3, -0.25) is 9.59 Å². The fourth-order valence-electron chi connectivity index (χ4n) is 7.90. The SMILES string of the molecule is CN1C(=O)C=C[C@@]2(C)C1CC[C@@H]1[C@H]2CC[C@]2(C)C(C(=O)Nc3ncccc3N)CC[C@@H]12. The first kappa shape index (κ1) is 20.5. The molecule has 0 radical (unpaired) electrons. The second-order valence-corrected chi connectivity index (χ2v) is 10.7. The maximum absolute atomic E-state index is 13.3. The van der Waals surface area contributed by atoms with Crippen molar-refractivity contribution in [3.63, 3.8) is 0 Å². The maximum Gasteiger partial charge on any atom is 0.246 e. The molecule has 1 aliphatic heterocycles. The number of rotatable bonds is 2. The predicted octanol–water partition coefficient (Wildman–Crippen LogP) is 3.86. The molecule has 3 saturated carbocycles. The topological polar surface area (TPSA) is 88.3 Å². The average Bonchev–Trinajstić information content (AvgIpc) is 3.10. The lowest BCUT2D eigenvalue weighted by Crippen LogP contribution is -2.59. The Morgan fingerprint density at radius 3 is 2.77 bits per heavy atom. The van der Waals surface area contributed by atoms with Gasteiger partial charge in [0.15, 0.2) is 5.82 Å². The number of likely N-dealkylation sites (N-methyl/N-ethyl adjacent to an activating group) is 1. The highest BCUT2D eigenvalue weighted by atomic mass is 16.2. The fraction of sp³-hybridized carbons (Fsp3) is 0.640. The number of nitrogen functional groups attached to an aromatic ring is 1. The van der Waals surface area contributed by atoms with Gasteiger partial charge in [-0.2, -0.15) is 0 Å². The minimum absolute atomic E-state index is 0.00321. The second kappa shape index (κ2) is 7.07. The van der Waals surface area contributed by atoms with Gasteiger partial charge < -0.3 is 16.0 Å². The van der Waals surface area contributed by atoms with E-state index in [-0.39, 0.29) is 28.6 Å². The van der Waals surface area contributed by atoms with Crippen LogP contribution in [0.3, 0.4) is 0 Å². The zero-order valence-corrected chi connectivity index (χ0v) is 18.8. The van der Waals surface area contributed by atoms with Crippen LogP contribution in [0.2, 0.25) is 0 Å². The van der Waals surface area contributed by atoms with Crippen LogP contribution in [0.5, 0.6) is 0 Å². The van der Waals surface area contributed by atoms with E-state index in [1.54, 1.807) is 24.4 Å². The lowest BCUT2D eigenvalue weighted by molar-refractivity contribution is -0.141. The molecule has 2 amide bonds. The minimum atomic E-state index is -0.00321. The van der Waals surface area contributed by atoms with Gasteiger partial charge in [0, 0.05) is 30.6 Å². The Kier molecular flexibility index (Phi) is 4.68. The van der Waals surface area contributed by atoms with Crippen molar-refractivity contribution in [3.8, 4) is 0 Å². The van der Waals surface area contributed by atoms with Gasteiger partial charge in [0.05, 0.1) is 5.69 Å². The molecule has 7 atom stereocenters. The van der Waals surface area contributed by atoms with Gasteiger partial charge in [-0.15, -0.1) is 0 Å². The molecule has 2 heterocycles. The molecule has 0 aromatic carbocycles. The summed E-state index contributed by atoms with van der Waals surface area (Å²) < 4.78 is 0. The number of nitrogens with zero attached hydrogens (tertiary/aromatic N) is 2. The zero-order valence-electron chi connectivity index (χ0n) is 18.8. The Balaban J connectivity index is 1.38. The van der Waals surface area contributed by atoms with Gasteiger partial charge in [-0.25, -0.2) is 4.98 Å². The van der Waals surface area contributed by atoms with Gasteiger partial charge in [-0.1, -0.05) is 19.9 Å². The summed E-state index contributed by atoms with van der Waals surface area (Å²) in [6.45, 7) is 4.70. The number of hydrogen-bond acceptors (Lipinski definition) is 4. The second-order valence-electron chi connectivity index (χ2n) is 10.7. The summed E-state index contributed by atoms with van der Waals surface area (Å²) in [5.74, 6) is 2.41. The first-order valence-corrected chi connectivity index (χ1v) is 11.7. The largest absolute Gasteiger partial charge is 0.396 e. The Hall–Kier alpha value is -2.37. The molecular formula is C25H34N4O2. The third kappa shape index (κ3) is 2.94. The van der Waals surface area contributed by atoms with Crippen LogP contribution < -0.4 is 11.1 Å². The summed E-state index contributed by atoms with van der Waals surface area (Å²) in [6.07, 6.45) is 12.1. The number of pyridine rings is 1. The summed E-state index contributed by atoms with van der Waals surface area (Å²) in [7, 11) is 1.96. The third-order valence-electron chi connectivity index (χ3n) is 9.52. The Bertz CT molecular complexity index is 945. The number of carbonyl (C=O) groups excluding carboxylic acids is 2. The number of amides is 2. The summed E-state index contributed by atoms with van der Waals surface area (Å²) in [5, 5.41) is 3.02. The number of aromatic nitrogens is 1. The number of nitrogens with one attached hydrogen (secondary N) is 1. The number of fused-ring (bicyclic) bond motifs is 5. The van der Waals surface area contributed by atoms with E-state index >= 15 is 0 Å². The molecule has 3 fully saturated rings. The van der Waals surface area contributed by atoms with Crippen LogP contribution in [-0.2, 0) is 9.59 Å². The molecule has 0 saturated heterocycles. The minimum Gasteiger partial charge on any atom is -0.396 e. The van der Waals surface area contributed by atoms with Crippen LogP contribution in [0.1, 0.15) is 52.4 Å². The van der Waals surface area contributed by atoms with E-state index in [1.165, 1.54) is 0 Å². The fourth-order valence-corrected chi connectivity index (χ4v) is 7.90. The molecule has 3 aliphatic carbocycles. The molecule has 2 unspecified atom stereocenters. The number of nitrogens with two attached hydrogens (primary N) is 1. The van der Waals surface area contributed by atoms with Crippen molar-refractivity contribution in [3.05, 3.63) is 30.5 Å². The highest BCUT2D eigenvalue weighted by Crippen LogP contribution is 2.65. The van der Waals surface area contributed by atoms with Crippen LogP contribution in [-0.4, -0.2) is 34.8 Å². The summed E-state index contributed by atoms with van der Waals surface area (Å²) in [6, 6.07) is 3.84. The Labute approximate surface area is 184 Å².